The van der Waals surface area contributed by atoms with Crippen molar-refractivity contribution in [2.24, 2.45) is 5.92 Å². The molecule has 0 saturated carbocycles. The Balaban J connectivity index is 1.95. The van der Waals surface area contributed by atoms with Gasteiger partial charge in [-0.25, -0.2) is 9.78 Å². The molecule has 1 amide bonds. The van der Waals surface area contributed by atoms with Crippen LogP contribution in [-0.4, -0.2) is 42.2 Å². The maximum absolute atomic E-state index is 12.7. The van der Waals surface area contributed by atoms with Crippen molar-refractivity contribution in [3.05, 3.63) is 41.1 Å². The van der Waals surface area contributed by atoms with E-state index in [2.05, 4.69) is 9.97 Å². The van der Waals surface area contributed by atoms with Gasteiger partial charge in [0.25, 0.3) is 5.91 Å². The van der Waals surface area contributed by atoms with Gasteiger partial charge in [0.1, 0.15) is 10.4 Å². The summed E-state index contributed by atoms with van der Waals surface area (Å²) in [4.78, 5) is 34.5. The van der Waals surface area contributed by atoms with Gasteiger partial charge >= 0.3 is 5.97 Å². The summed E-state index contributed by atoms with van der Waals surface area (Å²) in [5.41, 5.74) is 2.01. The number of aliphatic carboxylic acids is 1. The number of amides is 1. The molecule has 25 heavy (non-hydrogen) atoms. The number of nitrogens with zero attached hydrogens (tertiary/aromatic N) is 3. The average Bonchev–Trinajstić information content (AvgIpc) is 2.82. The van der Waals surface area contributed by atoms with Crippen molar-refractivity contribution in [2.45, 2.75) is 19.9 Å². The Hall–Kier alpha value is -2.32. The summed E-state index contributed by atoms with van der Waals surface area (Å²) in [6, 6.07) is 6.44. The normalized spacial score (nSPS) is 17.7. The lowest BCUT2D eigenvalue weighted by atomic mass is 10.0. The molecule has 1 saturated heterocycles. The number of aromatic nitrogens is 2. The predicted octanol–water partition coefficient (Wildman–Crippen LogP) is 2.94. The average molecular weight is 373 g/mol. The van der Waals surface area contributed by atoms with Gasteiger partial charge in [-0.2, -0.15) is 0 Å². The summed E-state index contributed by atoms with van der Waals surface area (Å²) in [5, 5.41) is 9.43. The van der Waals surface area contributed by atoms with Crippen LogP contribution >= 0.6 is 24.0 Å². The number of carboxylic acids is 1. The molecule has 0 unspecified atom stereocenters. The van der Waals surface area contributed by atoms with Crippen molar-refractivity contribution in [1.82, 2.24) is 14.9 Å². The number of benzene rings is 1. The van der Waals surface area contributed by atoms with Crippen molar-refractivity contribution in [2.75, 3.05) is 0 Å². The molecular formula is C17H15N3O3S2. The van der Waals surface area contributed by atoms with Gasteiger partial charge in [0.2, 0.25) is 0 Å². The predicted molar refractivity (Wildman–Crippen MR) is 101 cm³/mol. The van der Waals surface area contributed by atoms with Crippen molar-refractivity contribution in [1.29, 1.82) is 0 Å². The van der Waals surface area contributed by atoms with Gasteiger partial charge in [0, 0.05) is 0 Å². The molecule has 128 valence electrons. The molecule has 6 nitrogen and oxygen atoms in total. The van der Waals surface area contributed by atoms with Gasteiger partial charge in [-0.3, -0.25) is 14.7 Å². The molecule has 8 heteroatoms. The second-order valence-corrected chi connectivity index (χ2v) is 7.54. The van der Waals surface area contributed by atoms with Gasteiger partial charge in [-0.1, -0.05) is 50.0 Å². The lowest BCUT2D eigenvalue weighted by molar-refractivity contribution is -0.146. The van der Waals surface area contributed by atoms with Crippen LogP contribution in [0.4, 0.5) is 0 Å². The highest BCUT2D eigenvalue weighted by molar-refractivity contribution is 8.26. The van der Waals surface area contributed by atoms with Crippen molar-refractivity contribution in [3.8, 4) is 0 Å². The number of para-hydroxylation sites is 2. The van der Waals surface area contributed by atoms with Crippen LogP contribution in [0.25, 0.3) is 17.1 Å². The number of fused-ring (bicyclic) bond motifs is 1. The van der Waals surface area contributed by atoms with Crippen LogP contribution in [0.3, 0.4) is 0 Å². The van der Waals surface area contributed by atoms with Crippen LogP contribution in [0.5, 0.6) is 0 Å². The molecule has 0 spiro atoms. The molecule has 1 aromatic carbocycles. The number of thiocarbonyl (C=S) groups is 1. The van der Waals surface area contributed by atoms with Gasteiger partial charge in [0.15, 0.2) is 0 Å². The molecule has 1 aromatic heterocycles. The van der Waals surface area contributed by atoms with Crippen LogP contribution in [0.2, 0.25) is 0 Å². The molecular weight excluding hydrogens is 358 g/mol. The maximum Gasteiger partial charge on any atom is 0.327 e. The van der Waals surface area contributed by atoms with E-state index in [0.717, 1.165) is 22.8 Å². The van der Waals surface area contributed by atoms with E-state index < -0.39 is 17.9 Å². The second kappa shape index (κ2) is 6.89. The van der Waals surface area contributed by atoms with E-state index in [1.807, 2.05) is 24.3 Å². The largest absolute Gasteiger partial charge is 0.480 e. The fraction of sp³-hybridized carbons (Fsp3) is 0.235. The molecule has 2 heterocycles. The summed E-state index contributed by atoms with van der Waals surface area (Å²) < 4.78 is 0.242. The van der Waals surface area contributed by atoms with Gasteiger partial charge < -0.3 is 5.11 Å². The lowest BCUT2D eigenvalue weighted by Crippen LogP contribution is -2.47. The van der Waals surface area contributed by atoms with Crippen molar-refractivity contribution in [3.63, 3.8) is 0 Å². The van der Waals surface area contributed by atoms with Gasteiger partial charge in [-0.05, 0) is 24.1 Å². The minimum absolute atomic E-state index is 0.242. The van der Waals surface area contributed by atoms with Crippen LogP contribution in [0.15, 0.2) is 35.4 Å². The smallest absolute Gasteiger partial charge is 0.327 e. The quantitative estimate of drug-likeness (QED) is 0.651. The second-order valence-electron chi connectivity index (χ2n) is 5.86. The first-order valence-corrected chi connectivity index (χ1v) is 8.82. The Kier molecular flexibility index (Phi) is 4.82. The molecule has 1 N–H and O–H groups in total. The summed E-state index contributed by atoms with van der Waals surface area (Å²) in [6.45, 7) is 3.49. The minimum Gasteiger partial charge on any atom is -0.480 e. The zero-order valence-electron chi connectivity index (χ0n) is 13.5. The Morgan fingerprint density at radius 3 is 2.64 bits per heavy atom. The molecule has 2 aromatic rings. The standard InChI is InChI=1S/C17H15N3O3S2/c1-9(2)14(16(22)23)20-15(21)13(25-17(20)24)7-10-8-18-11-5-3-4-6-12(11)19-10/h3-9,14H,1-2H3,(H,22,23)/b13-7-/t14-/m1/s1. The molecule has 1 aliphatic heterocycles. The SMILES string of the molecule is CC(C)[C@H](C(=O)O)N1C(=O)/C(=C/c2cnc3ccccc3n2)SC1=S. The third kappa shape index (κ3) is 3.40. The molecule has 0 aliphatic carbocycles. The zero-order chi connectivity index (χ0) is 18.1. The minimum atomic E-state index is -1.07. The summed E-state index contributed by atoms with van der Waals surface area (Å²) in [6.07, 6.45) is 3.17. The fourth-order valence-corrected chi connectivity index (χ4v) is 3.90. The van der Waals surface area contributed by atoms with Crippen LogP contribution in [0, 0.1) is 5.92 Å². The third-order valence-corrected chi connectivity index (χ3v) is 5.06. The Bertz CT molecular complexity index is 911. The van der Waals surface area contributed by atoms with E-state index in [1.54, 1.807) is 26.1 Å². The van der Waals surface area contributed by atoms with Gasteiger partial charge in [-0.15, -0.1) is 0 Å². The Morgan fingerprint density at radius 2 is 2.00 bits per heavy atom. The Labute approximate surface area is 154 Å². The molecule has 1 atom stereocenters. The number of hydrogen-bond acceptors (Lipinski definition) is 6. The topological polar surface area (TPSA) is 83.4 Å². The van der Waals surface area contributed by atoms with E-state index in [0.29, 0.717) is 10.6 Å². The highest BCUT2D eigenvalue weighted by Gasteiger charge is 2.41. The highest BCUT2D eigenvalue weighted by atomic mass is 32.2. The number of carboxylic acid groups (broad SMARTS) is 1. The molecule has 1 fully saturated rings. The number of thioether (sulfide) groups is 1. The third-order valence-electron chi connectivity index (χ3n) is 3.73. The molecule has 0 bridgehead atoms. The Morgan fingerprint density at radius 1 is 1.32 bits per heavy atom. The summed E-state index contributed by atoms with van der Waals surface area (Å²) >= 11 is 6.31. The molecule has 0 radical (unpaired) electrons. The maximum atomic E-state index is 12.7. The number of carbonyl (C=O) groups is 2. The number of hydrogen-bond donors (Lipinski definition) is 1. The van der Waals surface area contributed by atoms with E-state index in [4.69, 9.17) is 12.2 Å². The highest BCUT2D eigenvalue weighted by Crippen LogP contribution is 2.35. The van der Waals surface area contributed by atoms with E-state index in [1.165, 1.54) is 4.90 Å². The zero-order valence-corrected chi connectivity index (χ0v) is 15.2. The van der Waals surface area contributed by atoms with Crippen molar-refractivity contribution < 1.29 is 14.7 Å². The summed E-state index contributed by atoms with van der Waals surface area (Å²) in [7, 11) is 0. The summed E-state index contributed by atoms with van der Waals surface area (Å²) in [5.74, 6) is -1.75. The number of rotatable bonds is 4. The van der Waals surface area contributed by atoms with Crippen molar-refractivity contribution >= 4 is 57.3 Å². The first kappa shape index (κ1) is 17.5. The monoisotopic (exact) mass is 373 g/mol. The van der Waals surface area contributed by atoms with E-state index in [9.17, 15) is 14.7 Å². The first-order chi connectivity index (χ1) is 11.9. The number of carbonyl (C=O) groups excluding carboxylic acids is 1. The fourth-order valence-electron chi connectivity index (χ4n) is 2.59. The lowest BCUT2D eigenvalue weighted by Gasteiger charge is -2.26. The van der Waals surface area contributed by atoms with E-state index in [-0.39, 0.29) is 10.2 Å². The van der Waals surface area contributed by atoms with Crippen LogP contribution in [-0.2, 0) is 9.59 Å². The van der Waals surface area contributed by atoms with Crippen LogP contribution in [0.1, 0.15) is 19.5 Å². The molecule has 3 rings (SSSR count). The van der Waals surface area contributed by atoms with Gasteiger partial charge in [0.05, 0.1) is 27.8 Å². The van der Waals surface area contributed by atoms with E-state index >= 15 is 0 Å². The molecule has 1 aliphatic rings. The first-order valence-electron chi connectivity index (χ1n) is 7.60. The van der Waals surface area contributed by atoms with Crippen LogP contribution < -0.4 is 0 Å².